The summed E-state index contributed by atoms with van der Waals surface area (Å²) in [6.45, 7) is 1.86. The Bertz CT molecular complexity index is 441. The molecule has 0 amide bonds. The second-order valence-electron chi connectivity index (χ2n) is 2.65. The molecule has 0 aliphatic heterocycles. The number of phenols is 1. The zero-order valence-corrected chi connectivity index (χ0v) is 8.05. The van der Waals surface area contributed by atoms with E-state index in [2.05, 4.69) is 4.98 Å². The lowest BCUT2D eigenvalue weighted by atomic mass is 10.2. The summed E-state index contributed by atoms with van der Waals surface area (Å²) in [5.74, 6) is 0.327. The van der Waals surface area contributed by atoms with Crippen molar-refractivity contribution in [3.8, 4) is 5.75 Å². The van der Waals surface area contributed by atoms with E-state index < -0.39 is 0 Å². The van der Waals surface area contributed by atoms with Gasteiger partial charge in [0, 0.05) is 0 Å². The van der Waals surface area contributed by atoms with Crippen molar-refractivity contribution in [1.82, 2.24) is 4.98 Å². The third-order valence-electron chi connectivity index (χ3n) is 1.74. The van der Waals surface area contributed by atoms with Gasteiger partial charge in [-0.15, -0.1) is 11.3 Å². The molecule has 62 valence electrons. The van der Waals surface area contributed by atoms with Crippen molar-refractivity contribution in [2.75, 3.05) is 0 Å². The summed E-state index contributed by atoms with van der Waals surface area (Å²) in [5, 5.41) is 9.39. The molecule has 2 rings (SSSR count). The fourth-order valence-electron chi connectivity index (χ4n) is 1.09. The van der Waals surface area contributed by atoms with Gasteiger partial charge in [-0.3, -0.25) is 0 Å². The van der Waals surface area contributed by atoms with Crippen LogP contribution in [0.25, 0.3) is 10.2 Å². The number of benzene rings is 1. The van der Waals surface area contributed by atoms with Crippen LogP contribution in [-0.2, 0) is 0 Å². The number of hydrogen-bond acceptors (Lipinski definition) is 3. The molecule has 0 unspecified atom stereocenters. The minimum atomic E-state index is 0.327. The topological polar surface area (TPSA) is 36.0 Å². The maximum Gasteiger partial charge on any atom is 0.159 e. The minimum Gasteiger partial charge on any atom is -0.508 e. The van der Waals surface area contributed by atoms with Gasteiger partial charge in [0.2, 0.25) is 0 Å². The first-order chi connectivity index (χ1) is 5.66. The predicted octanol–water partition coefficient (Wildman–Crippen LogP) is 2.97. The Morgan fingerprint density at radius 3 is 3.00 bits per heavy atom. The maximum absolute atomic E-state index is 9.39. The predicted molar refractivity (Wildman–Crippen MR) is 53.4 cm³/mol. The van der Waals surface area contributed by atoms with Gasteiger partial charge in [-0.2, -0.15) is 0 Å². The number of phenolic OH excluding ortho intramolecular Hbond substituents is 1. The first-order valence-corrected chi connectivity index (χ1v) is 4.72. The van der Waals surface area contributed by atoms with Crippen LogP contribution in [0.15, 0.2) is 12.1 Å². The number of thiazole rings is 1. The average molecular weight is 197 g/mol. The van der Waals surface area contributed by atoms with E-state index in [4.69, 9.17) is 12.2 Å². The van der Waals surface area contributed by atoms with E-state index in [1.165, 1.54) is 11.3 Å². The smallest absolute Gasteiger partial charge is 0.159 e. The van der Waals surface area contributed by atoms with E-state index >= 15 is 0 Å². The van der Waals surface area contributed by atoms with Crippen LogP contribution >= 0.6 is 23.6 Å². The summed E-state index contributed by atoms with van der Waals surface area (Å²) in [6.07, 6.45) is 0. The van der Waals surface area contributed by atoms with Gasteiger partial charge in [0.1, 0.15) is 5.75 Å². The molecule has 1 aromatic carbocycles. The lowest BCUT2D eigenvalue weighted by Gasteiger charge is -1.96. The Kier molecular flexibility index (Phi) is 1.66. The molecule has 0 spiro atoms. The van der Waals surface area contributed by atoms with Gasteiger partial charge in [-0.25, -0.2) is 0 Å². The van der Waals surface area contributed by atoms with Gasteiger partial charge in [0.05, 0.1) is 10.2 Å². The Morgan fingerprint density at radius 1 is 1.50 bits per heavy atom. The van der Waals surface area contributed by atoms with Gasteiger partial charge in [0.25, 0.3) is 0 Å². The minimum absolute atomic E-state index is 0.327. The highest BCUT2D eigenvalue weighted by Crippen LogP contribution is 2.26. The molecule has 1 aromatic heterocycles. The summed E-state index contributed by atoms with van der Waals surface area (Å²) in [6, 6.07) is 3.64. The van der Waals surface area contributed by atoms with Gasteiger partial charge in [-0.1, -0.05) is 0 Å². The Morgan fingerprint density at radius 2 is 2.25 bits per heavy atom. The molecular formula is C8H7NOS2. The largest absolute Gasteiger partial charge is 0.508 e. The molecule has 0 aliphatic rings. The summed E-state index contributed by atoms with van der Waals surface area (Å²) >= 11 is 6.46. The molecule has 2 nitrogen and oxygen atoms in total. The zero-order chi connectivity index (χ0) is 8.72. The van der Waals surface area contributed by atoms with Crippen LogP contribution < -0.4 is 0 Å². The first kappa shape index (κ1) is 7.76. The third kappa shape index (κ3) is 1.13. The van der Waals surface area contributed by atoms with Crippen molar-refractivity contribution in [2.45, 2.75) is 6.92 Å². The van der Waals surface area contributed by atoms with E-state index in [9.17, 15) is 5.11 Å². The van der Waals surface area contributed by atoms with Crippen LogP contribution in [0.5, 0.6) is 5.75 Å². The second-order valence-corrected chi connectivity index (χ2v) is 4.37. The molecule has 0 aliphatic carbocycles. The molecule has 0 saturated carbocycles. The van der Waals surface area contributed by atoms with E-state index in [0.717, 1.165) is 19.7 Å². The average Bonchev–Trinajstić information content (AvgIpc) is 2.30. The summed E-state index contributed by atoms with van der Waals surface area (Å²) in [7, 11) is 0. The molecule has 0 fully saturated rings. The number of rotatable bonds is 0. The molecule has 0 saturated heterocycles. The van der Waals surface area contributed by atoms with Gasteiger partial charge in [0.15, 0.2) is 3.95 Å². The normalized spacial score (nSPS) is 10.8. The van der Waals surface area contributed by atoms with Crippen molar-refractivity contribution >= 4 is 33.8 Å². The second kappa shape index (κ2) is 2.57. The number of aryl methyl sites for hydroxylation is 1. The molecular weight excluding hydrogens is 190 g/mol. The SMILES string of the molecule is Cc1cc2[nH]c(=S)sc2cc1O. The molecule has 2 N–H and O–H groups in total. The number of fused-ring (bicyclic) bond motifs is 1. The lowest BCUT2D eigenvalue weighted by molar-refractivity contribution is 0.472. The molecule has 2 aromatic rings. The quantitative estimate of drug-likeness (QED) is 0.637. The van der Waals surface area contributed by atoms with Crippen LogP contribution in [0.4, 0.5) is 0 Å². The van der Waals surface area contributed by atoms with Crippen molar-refractivity contribution in [3.63, 3.8) is 0 Å². The van der Waals surface area contributed by atoms with E-state index in [0.29, 0.717) is 5.75 Å². The lowest BCUT2D eigenvalue weighted by Crippen LogP contribution is -1.74. The van der Waals surface area contributed by atoms with E-state index in [1.54, 1.807) is 6.07 Å². The summed E-state index contributed by atoms with van der Waals surface area (Å²) in [5.41, 5.74) is 1.87. The first-order valence-electron chi connectivity index (χ1n) is 3.49. The van der Waals surface area contributed by atoms with Crippen molar-refractivity contribution in [1.29, 1.82) is 0 Å². The van der Waals surface area contributed by atoms with Crippen molar-refractivity contribution in [2.24, 2.45) is 0 Å². The highest BCUT2D eigenvalue weighted by Gasteiger charge is 2.01. The molecule has 0 radical (unpaired) electrons. The third-order valence-corrected chi connectivity index (χ3v) is 2.93. The van der Waals surface area contributed by atoms with Crippen LogP contribution in [0.1, 0.15) is 5.56 Å². The molecule has 4 heteroatoms. The molecule has 0 atom stereocenters. The number of aromatic amines is 1. The monoisotopic (exact) mass is 197 g/mol. The van der Waals surface area contributed by atoms with Crippen LogP contribution in [0.2, 0.25) is 0 Å². The Balaban J connectivity index is 2.92. The van der Waals surface area contributed by atoms with Crippen LogP contribution in [0.3, 0.4) is 0 Å². The zero-order valence-electron chi connectivity index (χ0n) is 6.42. The van der Waals surface area contributed by atoms with Crippen LogP contribution in [-0.4, -0.2) is 10.1 Å². The van der Waals surface area contributed by atoms with E-state index in [-0.39, 0.29) is 0 Å². The van der Waals surface area contributed by atoms with Crippen LogP contribution in [0, 0.1) is 10.9 Å². The highest BCUT2D eigenvalue weighted by molar-refractivity contribution is 7.73. The Labute approximate surface area is 78.5 Å². The summed E-state index contributed by atoms with van der Waals surface area (Å²) < 4.78 is 1.75. The van der Waals surface area contributed by atoms with Crippen molar-refractivity contribution in [3.05, 3.63) is 21.7 Å². The fourth-order valence-corrected chi connectivity index (χ4v) is 2.23. The van der Waals surface area contributed by atoms with Gasteiger partial charge < -0.3 is 10.1 Å². The van der Waals surface area contributed by atoms with E-state index in [1.807, 2.05) is 13.0 Å². The number of aromatic hydroxyl groups is 1. The molecule has 0 bridgehead atoms. The fraction of sp³-hybridized carbons (Fsp3) is 0.125. The summed E-state index contributed by atoms with van der Waals surface area (Å²) in [4.78, 5) is 3.05. The molecule has 12 heavy (non-hydrogen) atoms. The Hall–Kier alpha value is -0.870. The number of aromatic nitrogens is 1. The number of H-pyrrole nitrogens is 1. The standard InChI is InChI=1S/C8H7NOS2/c1-4-2-5-7(3-6(4)10)12-8(11)9-5/h2-3,10H,1H3,(H,9,11). The maximum atomic E-state index is 9.39. The molecule has 1 heterocycles. The number of nitrogens with one attached hydrogen (secondary N) is 1. The van der Waals surface area contributed by atoms with Crippen molar-refractivity contribution < 1.29 is 5.11 Å². The highest BCUT2D eigenvalue weighted by atomic mass is 32.1. The van der Waals surface area contributed by atoms with Gasteiger partial charge >= 0.3 is 0 Å². The number of hydrogen-bond donors (Lipinski definition) is 2. The van der Waals surface area contributed by atoms with Gasteiger partial charge in [-0.05, 0) is 36.8 Å².